The minimum Gasteiger partial charge on any atom is -0.355 e. The molecule has 2 aromatic heterocycles. The van der Waals surface area contributed by atoms with Gasteiger partial charge in [0, 0.05) is 52.7 Å². The van der Waals surface area contributed by atoms with E-state index in [1.54, 1.807) is 24.5 Å². The fraction of sp³-hybridized carbons (Fsp3) is 0.0500. The van der Waals surface area contributed by atoms with Gasteiger partial charge in [0.05, 0.1) is 10.3 Å². The van der Waals surface area contributed by atoms with E-state index in [-0.39, 0.29) is 5.69 Å². The zero-order valence-electron chi connectivity index (χ0n) is 14.5. The van der Waals surface area contributed by atoms with E-state index < -0.39 is 4.92 Å². The Morgan fingerprint density at radius 2 is 1.78 bits per heavy atom. The lowest BCUT2D eigenvalue weighted by Crippen LogP contribution is -1.96. The number of nitro benzene ring substituents is 1. The molecule has 0 aliphatic rings. The van der Waals surface area contributed by atoms with Crippen LogP contribution in [0.1, 0.15) is 5.69 Å². The number of nitro groups is 1. The Bertz CT molecular complexity index is 1140. The molecule has 0 unspecified atom stereocenters. The van der Waals surface area contributed by atoms with Crippen molar-refractivity contribution >= 4 is 27.8 Å². The van der Waals surface area contributed by atoms with Crippen LogP contribution < -0.4 is 5.32 Å². The third-order valence-electron chi connectivity index (χ3n) is 4.21. The van der Waals surface area contributed by atoms with Gasteiger partial charge in [-0.1, -0.05) is 0 Å². The Morgan fingerprint density at radius 1 is 0.963 bits per heavy atom. The maximum atomic E-state index is 11.2. The van der Waals surface area contributed by atoms with Crippen LogP contribution in [-0.2, 0) is 0 Å². The highest BCUT2D eigenvalue weighted by Crippen LogP contribution is 2.32. The Hall–Kier alpha value is -3.87. The van der Waals surface area contributed by atoms with Crippen LogP contribution in [0.5, 0.6) is 0 Å². The largest absolute Gasteiger partial charge is 0.355 e. The van der Waals surface area contributed by atoms with E-state index in [0.29, 0.717) is 11.2 Å². The van der Waals surface area contributed by atoms with Crippen LogP contribution in [0, 0.1) is 17.0 Å². The standard InChI is InChI=1S/C20H15N5O2/c1-13-8-11-22-20(23-13)14-2-4-15(5-3-14)24-18-6-7-19(25(26)27)17-12-21-10-9-16(17)18/h2-12,24H,1H3. The van der Waals surface area contributed by atoms with E-state index in [9.17, 15) is 10.1 Å². The van der Waals surface area contributed by atoms with Crippen LogP contribution in [-0.4, -0.2) is 19.9 Å². The minimum absolute atomic E-state index is 0.0376. The van der Waals surface area contributed by atoms with Crippen LogP contribution >= 0.6 is 0 Å². The number of nitrogens with zero attached hydrogens (tertiary/aromatic N) is 4. The molecule has 0 saturated carbocycles. The number of aromatic nitrogens is 3. The fourth-order valence-electron chi connectivity index (χ4n) is 2.89. The zero-order valence-corrected chi connectivity index (χ0v) is 14.5. The maximum Gasteiger partial charge on any atom is 0.278 e. The molecule has 7 nitrogen and oxygen atoms in total. The summed E-state index contributed by atoms with van der Waals surface area (Å²) in [6.45, 7) is 1.93. The van der Waals surface area contributed by atoms with Gasteiger partial charge in [-0.15, -0.1) is 0 Å². The fourth-order valence-corrected chi connectivity index (χ4v) is 2.89. The van der Waals surface area contributed by atoms with Gasteiger partial charge < -0.3 is 5.32 Å². The predicted molar refractivity (Wildman–Crippen MR) is 104 cm³/mol. The number of rotatable bonds is 4. The second-order valence-corrected chi connectivity index (χ2v) is 6.03. The van der Waals surface area contributed by atoms with Gasteiger partial charge in [0.15, 0.2) is 5.82 Å². The highest BCUT2D eigenvalue weighted by molar-refractivity contribution is 6.00. The van der Waals surface area contributed by atoms with Crippen molar-refractivity contribution in [2.45, 2.75) is 6.92 Å². The first-order valence-electron chi connectivity index (χ1n) is 8.30. The quantitative estimate of drug-likeness (QED) is 0.422. The van der Waals surface area contributed by atoms with Gasteiger partial charge in [0.1, 0.15) is 0 Å². The lowest BCUT2D eigenvalue weighted by atomic mass is 10.1. The molecule has 2 heterocycles. The van der Waals surface area contributed by atoms with Crippen molar-refractivity contribution in [3.63, 3.8) is 0 Å². The summed E-state index contributed by atoms with van der Waals surface area (Å²) in [6, 6.07) is 14.5. The molecule has 4 aromatic rings. The third kappa shape index (κ3) is 3.30. The summed E-state index contributed by atoms with van der Waals surface area (Å²) in [5, 5.41) is 15.8. The molecule has 4 rings (SSSR count). The van der Waals surface area contributed by atoms with Crippen LogP contribution in [0.15, 0.2) is 67.1 Å². The topological polar surface area (TPSA) is 93.8 Å². The molecular formula is C20H15N5O2. The summed E-state index contributed by atoms with van der Waals surface area (Å²) in [5.41, 5.74) is 3.50. The molecule has 0 spiro atoms. The van der Waals surface area contributed by atoms with Gasteiger partial charge in [-0.3, -0.25) is 15.1 Å². The van der Waals surface area contributed by atoms with E-state index in [1.165, 1.54) is 12.3 Å². The second kappa shape index (κ2) is 6.80. The highest BCUT2D eigenvalue weighted by Gasteiger charge is 2.14. The molecule has 0 amide bonds. The van der Waals surface area contributed by atoms with Gasteiger partial charge in [-0.25, -0.2) is 9.97 Å². The Morgan fingerprint density at radius 3 is 2.52 bits per heavy atom. The van der Waals surface area contributed by atoms with Crippen LogP contribution in [0.4, 0.5) is 17.1 Å². The molecule has 0 aliphatic carbocycles. The number of fused-ring (bicyclic) bond motifs is 1. The Kier molecular flexibility index (Phi) is 4.18. The predicted octanol–water partition coefficient (Wildman–Crippen LogP) is 4.65. The summed E-state index contributed by atoms with van der Waals surface area (Å²) in [4.78, 5) is 23.5. The first kappa shape index (κ1) is 16.6. The summed E-state index contributed by atoms with van der Waals surface area (Å²) >= 11 is 0. The molecular weight excluding hydrogens is 342 g/mol. The van der Waals surface area contributed by atoms with Gasteiger partial charge in [0.2, 0.25) is 0 Å². The van der Waals surface area contributed by atoms with Crippen LogP contribution in [0.25, 0.3) is 22.2 Å². The number of aryl methyl sites for hydroxylation is 1. The summed E-state index contributed by atoms with van der Waals surface area (Å²) in [7, 11) is 0. The van der Waals surface area contributed by atoms with Crippen molar-refractivity contribution in [2.75, 3.05) is 5.32 Å². The average molecular weight is 357 g/mol. The van der Waals surface area contributed by atoms with Crippen molar-refractivity contribution < 1.29 is 4.92 Å². The molecule has 2 aromatic carbocycles. The normalized spacial score (nSPS) is 10.7. The molecule has 132 valence electrons. The number of hydrogen-bond donors (Lipinski definition) is 1. The number of nitrogens with one attached hydrogen (secondary N) is 1. The average Bonchev–Trinajstić information content (AvgIpc) is 2.68. The maximum absolute atomic E-state index is 11.2. The molecule has 7 heteroatoms. The summed E-state index contributed by atoms with van der Waals surface area (Å²) in [5.74, 6) is 0.674. The number of non-ortho nitro benzene ring substituents is 1. The van der Waals surface area contributed by atoms with E-state index in [4.69, 9.17) is 0 Å². The van der Waals surface area contributed by atoms with E-state index >= 15 is 0 Å². The molecule has 0 bridgehead atoms. The second-order valence-electron chi connectivity index (χ2n) is 6.03. The van der Waals surface area contributed by atoms with Crippen molar-refractivity contribution in [1.82, 2.24) is 15.0 Å². The molecule has 0 saturated heterocycles. The molecule has 0 fully saturated rings. The van der Waals surface area contributed by atoms with E-state index in [2.05, 4.69) is 20.3 Å². The molecule has 0 aliphatic heterocycles. The van der Waals surface area contributed by atoms with E-state index in [1.807, 2.05) is 37.3 Å². The molecule has 0 atom stereocenters. The molecule has 1 N–H and O–H groups in total. The van der Waals surface area contributed by atoms with Gasteiger partial charge in [-0.05, 0) is 49.4 Å². The SMILES string of the molecule is Cc1ccnc(-c2ccc(Nc3ccc([N+](=O)[O-])c4cnccc34)cc2)n1. The van der Waals surface area contributed by atoms with Crippen molar-refractivity contribution in [1.29, 1.82) is 0 Å². The van der Waals surface area contributed by atoms with Gasteiger partial charge in [0.25, 0.3) is 5.69 Å². The smallest absolute Gasteiger partial charge is 0.278 e. The van der Waals surface area contributed by atoms with E-state index in [0.717, 1.165) is 28.0 Å². The highest BCUT2D eigenvalue weighted by atomic mass is 16.6. The number of pyridine rings is 1. The molecule has 0 radical (unpaired) electrons. The Labute approximate surface area is 154 Å². The van der Waals surface area contributed by atoms with Crippen molar-refractivity contribution in [2.24, 2.45) is 0 Å². The first-order chi connectivity index (χ1) is 13.1. The summed E-state index contributed by atoms with van der Waals surface area (Å²) < 4.78 is 0. The van der Waals surface area contributed by atoms with Gasteiger partial charge >= 0.3 is 0 Å². The third-order valence-corrected chi connectivity index (χ3v) is 4.21. The first-order valence-corrected chi connectivity index (χ1v) is 8.30. The van der Waals surface area contributed by atoms with Gasteiger partial charge in [-0.2, -0.15) is 0 Å². The molecule has 27 heavy (non-hydrogen) atoms. The number of benzene rings is 2. The summed E-state index contributed by atoms with van der Waals surface area (Å²) in [6.07, 6.45) is 4.87. The van der Waals surface area contributed by atoms with Crippen LogP contribution in [0.3, 0.4) is 0 Å². The number of hydrogen-bond acceptors (Lipinski definition) is 6. The lowest BCUT2D eigenvalue weighted by Gasteiger charge is -2.10. The monoisotopic (exact) mass is 357 g/mol. The van der Waals surface area contributed by atoms with Crippen molar-refractivity contribution in [3.05, 3.63) is 82.9 Å². The van der Waals surface area contributed by atoms with Crippen molar-refractivity contribution in [3.8, 4) is 11.4 Å². The zero-order chi connectivity index (χ0) is 18.8. The Balaban J connectivity index is 1.67. The minimum atomic E-state index is -0.398. The number of anilines is 2. The van der Waals surface area contributed by atoms with Crippen LogP contribution in [0.2, 0.25) is 0 Å². The lowest BCUT2D eigenvalue weighted by molar-refractivity contribution is -0.383.